The van der Waals surface area contributed by atoms with Crippen LogP contribution in [0.4, 0.5) is 0 Å². The lowest BCUT2D eigenvalue weighted by atomic mass is 9.99. The van der Waals surface area contributed by atoms with Crippen LogP contribution in [0.1, 0.15) is 49.7 Å². The monoisotopic (exact) mass is 337 g/mol. The molecule has 3 rings (SSSR count). The fourth-order valence-corrected chi connectivity index (χ4v) is 3.13. The molecule has 1 aliphatic rings. The zero-order valence-electron chi connectivity index (χ0n) is 14.2. The summed E-state index contributed by atoms with van der Waals surface area (Å²) in [5, 5.41) is 0. The number of ether oxygens (including phenoxy) is 2. The number of nitrogens with zero attached hydrogens (tertiary/aromatic N) is 1. The second kappa shape index (κ2) is 7.30. The number of carbonyl (C=O) groups excluding carboxylic acids is 2. The van der Waals surface area contributed by atoms with Crippen LogP contribution in [0.15, 0.2) is 30.3 Å². The third-order valence-corrected chi connectivity index (χ3v) is 4.30. The maximum atomic E-state index is 12.2. The van der Waals surface area contributed by atoms with Crippen molar-refractivity contribution >= 4 is 24.1 Å². The van der Waals surface area contributed by atoms with Crippen LogP contribution in [0.2, 0.25) is 0 Å². The van der Waals surface area contributed by atoms with Gasteiger partial charge in [-0.3, -0.25) is 0 Å². The predicted molar refractivity (Wildman–Crippen MR) is 94.3 cm³/mol. The van der Waals surface area contributed by atoms with Crippen molar-refractivity contribution in [3.8, 4) is 0 Å². The van der Waals surface area contributed by atoms with E-state index in [9.17, 15) is 9.59 Å². The average molecular weight is 337 g/mol. The van der Waals surface area contributed by atoms with Crippen molar-refractivity contribution < 1.29 is 19.1 Å². The summed E-state index contributed by atoms with van der Waals surface area (Å²) in [6, 6.07) is 9.84. The molecule has 5 heteroatoms. The van der Waals surface area contributed by atoms with Gasteiger partial charge in [0.2, 0.25) is 0 Å². The molecule has 2 aromatic rings. The smallest absolute Gasteiger partial charge is 0.357 e. The largest absolute Gasteiger partial charge is 0.465 e. The number of hydrogen-bond acceptors (Lipinski definition) is 5. The molecule has 0 saturated heterocycles. The fraction of sp³-hybridized carbons (Fsp3) is 0.250. The first kappa shape index (κ1) is 16.9. The minimum absolute atomic E-state index is 0.0164. The van der Waals surface area contributed by atoms with Gasteiger partial charge in [-0.2, -0.15) is 0 Å². The lowest BCUT2D eigenvalue weighted by molar-refractivity contribution is 0.0548. The van der Waals surface area contributed by atoms with Crippen LogP contribution in [0, 0.1) is 0 Å². The lowest BCUT2D eigenvalue weighted by Crippen LogP contribution is -2.18. The summed E-state index contributed by atoms with van der Waals surface area (Å²) in [5.41, 5.74) is 3.83. The van der Waals surface area contributed by atoms with Crippen molar-refractivity contribution in [2.75, 3.05) is 14.2 Å². The van der Waals surface area contributed by atoms with Crippen molar-refractivity contribution in [2.45, 2.75) is 19.3 Å². The van der Waals surface area contributed by atoms with E-state index in [1.54, 1.807) is 0 Å². The van der Waals surface area contributed by atoms with E-state index in [0.717, 1.165) is 36.0 Å². The molecule has 0 aliphatic heterocycles. The predicted octanol–water partition coefficient (Wildman–Crippen LogP) is 3.31. The molecule has 0 spiro atoms. The number of benzene rings is 1. The first-order valence-electron chi connectivity index (χ1n) is 8.11. The minimum atomic E-state index is -0.635. The maximum absolute atomic E-state index is 12.2. The highest BCUT2D eigenvalue weighted by atomic mass is 16.5. The molecule has 0 amide bonds. The van der Waals surface area contributed by atoms with E-state index >= 15 is 0 Å². The number of aromatic nitrogens is 1. The van der Waals surface area contributed by atoms with Crippen molar-refractivity contribution in [2.24, 2.45) is 0 Å². The van der Waals surface area contributed by atoms with Crippen LogP contribution in [0.3, 0.4) is 0 Å². The molecule has 1 heterocycles. The second-order valence-corrected chi connectivity index (χ2v) is 5.76. The Morgan fingerprint density at radius 3 is 2.32 bits per heavy atom. The molecular weight excluding hydrogens is 318 g/mol. The molecule has 0 fully saturated rings. The SMILES string of the molecule is COC(=O)c1nc(/C=C/c2ccccc2)c2c(c1C(=O)OC)CCC2. The second-order valence-electron chi connectivity index (χ2n) is 5.76. The molecule has 0 bridgehead atoms. The Balaban J connectivity index is 2.14. The first-order valence-corrected chi connectivity index (χ1v) is 8.11. The number of methoxy groups -OCH3 is 2. The summed E-state index contributed by atoms with van der Waals surface area (Å²) in [5.74, 6) is -1.19. The van der Waals surface area contributed by atoms with Crippen molar-refractivity contribution in [1.82, 2.24) is 4.98 Å². The van der Waals surface area contributed by atoms with Gasteiger partial charge in [-0.05, 0) is 42.0 Å². The van der Waals surface area contributed by atoms with Gasteiger partial charge in [0.05, 0.1) is 25.5 Å². The van der Waals surface area contributed by atoms with E-state index in [-0.39, 0.29) is 11.3 Å². The van der Waals surface area contributed by atoms with Gasteiger partial charge in [-0.25, -0.2) is 14.6 Å². The van der Waals surface area contributed by atoms with Crippen LogP contribution in [-0.4, -0.2) is 31.1 Å². The Bertz CT molecular complexity index is 841. The number of pyridine rings is 1. The third-order valence-electron chi connectivity index (χ3n) is 4.30. The zero-order valence-corrected chi connectivity index (χ0v) is 14.2. The van der Waals surface area contributed by atoms with E-state index in [0.29, 0.717) is 5.69 Å². The molecule has 1 aromatic heterocycles. The quantitative estimate of drug-likeness (QED) is 0.801. The van der Waals surface area contributed by atoms with Gasteiger partial charge in [0.1, 0.15) is 0 Å². The topological polar surface area (TPSA) is 65.5 Å². The van der Waals surface area contributed by atoms with Gasteiger partial charge in [-0.15, -0.1) is 0 Å². The summed E-state index contributed by atoms with van der Waals surface area (Å²) in [6.07, 6.45) is 6.28. The van der Waals surface area contributed by atoms with Crippen molar-refractivity contribution in [3.63, 3.8) is 0 Å². The van der Waals surface area contributed by atoms with Crippen LogP contribution in [0.25, 0.3) is 12.2 Å². The van der Waals surface area contributed by atoms with Gasteiger partial charge in [-0.1, -0.05) is 36.4 Å². The van der Waals surface area contributed by atoms with Crippen LogP contribution in [-0.2, 0) is 22.3 Å². The molecule has 0 atom stereocenters. The average Bonchev–Trinajstić information content (AvgIpc) is 3.14. The van der Waals surface area contributed by atoms with E-state index in [1.165, 1.54) is 14.2 Å². The number of rotatable bonds is 4. The molecule has 5 nitrogen and oxygen atoms in total. The first-order chi connectivity index (χ1) is 12.2. The molecule has 1 aromatic carbocycles. The molecule has 25 heavy (non-hydrogen) atoms. The van der Waals surface area contributed by atoms with Gasteiger partial charge < -0.3 is 9.47 Å². The standard InChI is InChI=1S/C20H19NO4/c1-24-19(22)17-15-10-6-9-14(15)16(21-18(17)20(23)25-2)12-11-13-7-4-3-5-8-13/h3-5,7-8,11-12H,6,9-10H2,1-2H3/b12-11+. The highest BCUT2D eigenvalue weighted by Crippen LogP contribution is 2.31. The van der Waals surface area contributed by atoms with Gasteiger partial charge >= 0.3 is 11.9 Å². The summed E-state index contributed by atoms with van der Waals surface area (Å²) in [6.45, 7) is 0. The highest BCUT2D eigenvalue weighted by Gasteiger charge is 2.30. The number of esters is 2. The zero-order chi connectivity index (χ0) is 17.8. The summed E-state index contributed by atoms with van der Waals surface area (Å²) in [7, 11) is 2.58. The Labute approximate surface area is 146 Å². The molecule has 0 N–H and O–H groups in total. The number of hydrogen-bond donors (Lipinski definition) is 0. The highest BCUT2D eigenvalue weighted by molar-refractivity contribution is 6.03. The Hall–Kier alpha value is -2.95. The molecule has 128 valence electrons. The van der Waals surface area contributed by atoms with Crippen molar-refractivity contribution in [3.05, 3.63) is 64.0 Å². The van der Waals surface area contributed by atoms with Crippen molar-refractivity contribution in [1.29, 1.82) is 0 Å². The molecule has 0 radical (unpaired) electrons. The van der Waals surface area contributed by atoms with Gasteiger partial charge in [0, 0.05) is 0 Å². The lowest BCUT2D eigenvalue weighted by Gasteiger charge is -2.13. The molecular formula is C20H19NO4. The van der Waals surface area contributed by atoms with Crippen LogP contribution >= 0.6 is 0 Å². The normalized spacial score (nSPS) is 12.9. The molecule has 0 saturated carbocycles. The maximum Gasteiger partial charge on any atom is 0.357 e. The number of carbonyl (C=O) groups is 2. The third kappa shape index (κ3) is 3.31. The number of fused-ring (bicyclic) bond motifs is 1. The van der Waals surface area contributed by atoms with E-state index in [1.807, 2.05) is 42.5 Å². The Kier molecular flexibility index (Phi) is 4.93. The van der Waals surface area contributed by atoms with Crippen LogP contribution in [0.5, 0.6) is 0 Å². The van der Waals surface area contributed by atoms with Gasteiger partial charge in [0.15, 0.2) is 5.69 Å². The molecule has 1 aliphatic carbocycles. The van der Waals surface area contributed by atoms with Gasteiger partial charge in [0.25, 0.3) is 0 Å². The molecule has 0 unspecified atom stereocenters. The Morgan fingerprint density at radius 2 is 1.64 bits per heavy atom. The van der Waals surface area contributed by atoms with E-state index in [2.05, 4.69) is 4.98 Å². The van der Waals surface area contributed by atoms with Crippen LogP contribution < -0.4 is 0 Å². The Morgan fingerprint density at radius 1 is 0.960 bits per heavy atom. The summed E-state index contributed by atoms with van der Waals surface area (Å²) < 4.78 is 9.68. The summed E-state index contributed by atoms with van der Waals surface area (Å²) >= 11 is 0. The summed E-state index contributed by atoms with van der Waals surface area (Å²) in [4.78, 5) is 28.8. The fourth-order valence-electron chi connectivity index (χ4n) is 3.13. The van der Waals surface area contributed by atoms with E-state index < -0.39 is 11.9 Å². The minimum Gasteiger partial charge on any atom is -0.465 e. The van der Waals surface area contributed by atoms with E-state index in [4.69, 9.17) is 9.47 Å².